The van der Waals surface area contributed by atoms with Crippen molar-refractivity contribution in [3.63, 3.8) is 0 Å². The van der Waals surface area contributed by atoms with Crippen LogP contribution < -0.4 is 10.2 Å². The molecule has 11 nitrogen and oxygen atoms in total. The van der Waals surface area contributed by atoms with Gasteiger partial charge < -0.3 is 23.7 Å². The Kier molecular flexibility index (Phi) is 9.14. The molecular formula is C30H32F6N6O5. The number of fused-ring (bicyclic) bond motifs is 6. The lowest BCUT2D eigenvalue weighted by Gasteiger charge is -2.37. The highest BCUT2D eigenvalue weighted by Crippen LogP contribution is 2.48. The summed E-state index contributed by atoms with van der Waals surface area (Å²) in [6.45, 7) is 3.97. The molecule has 254 valence electrons. The quantitative estimate of drug-likeness (QED) is 0.319. The number of nitrogens with zero attached hydrogens (tertiary/aromatic N) is 5. The Labute approximate surface area is 265 Å². The standard InChI is InChI=1S/C30H32F6N6O5/c1-27(2,3)47-26(44)37-20-16-19(29(31,32)33)23-38-22(20)24-39-40-25(46-24)28(30(34,35)36,45-17-18-8-5-4-6-9-18)11-7-10-21(43)41-12-14-42(23)15-13-41/h4-6,8-9,16H,7,10-15,17H2,1-3H3,(H,37,44). The second-order valence-electron chi connectivity index (χ2n) is 12.1. The zero-order chi connectivity index (χ0) is 34.2. The number of aromatic nitrogens is 3. The summed E-state index contributed by atoms with van der Waals surface area (Å²) in [6.07, 6.45) is -12.7. The first-order chi connectivity index (χ1) is 22.0. The first-order valence-electron chi connectivity index (χ1n) is 14.7. The molecule has 3 aliphatic rings. The Bertz CT molecular complexity index is 1600. The van der Waals surface area contributed by atoms with Crippen LogP contribution in [0.4, 0.5) is 42.6 Å². The van der Waals surface area contributed by atoms with Crippen LogP contribution in [-0.4, -0.2) is 70.0 Å². The van der Waals surface area contributed by atoms with Crippen molar-refractivity contribution in [1.29, 1.82) is 0 Å². The lowest BCUT2D eigenvalue weighted by Crippen LogP contribution is -2.49. The van der Waals surface area contributed by atoms with E-state index in [2.05, 4.69) is 20.5 Å². The average Bonchev–Trinajstić information content (AvgIpc) is 3.47. The van der Waals surface area contributed by atoms with Gasteiger partial charge in [-0.25, -0.2) is 9.78 Å². The molecule has 1 saturated heterocycles. The number of nitrogens with one attached hydrogen (secondary N) is 1. The maximum atomic E-state index is 15.1. The third-order valence-electron chi connectivity index (χ3n) is 7.55. The number of pyridine rings is 1. The summed E-state index contributed by atoms with van der Waals surface area (Å²) < 4.78 is 105. The first-order valence-corrected chi connectivity index (χ1v) is 14.7. The predicted molar refractivity (Wildman–Crippen MR) is 154 cm³/mol. The van der Waals surface area contributed by atoms with E-state index in [1.54, 1.807) is 30.3 Å². The highest BCUT2D eigenvalue weighted by Gasteiger charge is 2.61. The van der Waals surface area contributed by atoms with Crippen LogP contribution in [0.15, 0.2) is 40.8 Å². The average molecular weight is 671 g/mol. The van der Waals surface area contributed by atoms with Crippen LogP contribution in [0.3, 0.4) is 0 Å². The van der Waals surface area contributed by atoms with Crippen molar-refractivity contribution < 1.29 is 49.8 Å². The van der Waals surface area contributed by atoms with Gasteiger partial charge in [0.25, 0.3) is 11.8 Å². The van der Waals surface area contributed by atoms with Gasteiger partial charge in [-0.1, -0.05) is 30.3 Å². The third kappa shape index (κ3) is 7.44. The van der Waals surface area contributed by atoms with E-state index in [-0.39, 0.29) is 39.0 Å². The maximum Gasteiger partial charge on any atom is 0.426 e. The Morgan fingerprint density at radius 3 is 2.28 bits per heavy atom. The molecule has 0 aliphatic carbocycles. The molecule has 0 spiro atoms. The van der Waals surface area contributed by atoms with Crippen molar-refractivity contribution in [2.45, 2.75) is 70.2 Å². The molecule has 17 heteroatoms. The lowest BCUT2D eigenvalue weighted by molar-refractivity contribution is -0.300. The van der Waals surface area contributed by atoms with Crippen molar-refractivity contribution in [1.82, 2.24) is 20.1 Å². The molecule has 6 bridgehead atoms. The van der Waals surface area contributed by atoms with Gasteiger partial charge in [0.05, 0.1) is 12.3 Å². The smallest absolute Gasteiger partial charge is 0.426 e. The summed E-state index contributed by atoms with van der Waals surface area (Å²) in [6, 6.07) is 8.61. The fourth-order valence-corrected chi connectivity index (χ4v) is 5.29. The SMILES string of the molecule is CC(C)(C)OC(=O)Nc1cc(C(F)(F)F)c2nc1-c1nnc(o1)C(OCc1ccccc1)(C(F)(F)F)CCCC(=O)N1CCN2CC1. The second-order valence-corrected chi connectivity index (χ2v) is 12.1. The number of alkyl halides is 6. The summed E-state index contributed by atoms with van der Waals surface area (Å²) in [5.74, 6) is -2.81. The minimum absolute atomic E-state index is 0.00410. The molecule has 1 fully saturated rings. The highest BCUT2D eigenvalue weighted by molar-refractivity contribution is 5.90. The van der Waals surface area contributed by atoms with Gasteiger partial charge in [0, 0.05) is 32.6 Å². The van der Waals surface area contributed by atoms with E-state index in [9.17, 15) is 22.8 Å². The summed E-state index contributed by atoms with van der Waals surface area (Å²) >= 11 is 0. The van der Waals surface area contributed by atoms with Crippen molar-refractivity contribution >= 4 is 23.5 Å². The fourth-order valence-electron chi connectivity index (χ4n) is 5.29. The number of halogens is 6. The molecule has 5 heterocycles. The Hall–Kier alpha value is -4.41. The van der Waals surface area contributed by atoms with Crippen LogP contribution in [0, 0.1) is 0 Å². The monoisotopic (exact) mass is 670 g/mol. The molecule has 3 aliphatic heterocycles. The van der Waals surface area contributed by atoms with E-state index in [0.717, 1.165) is 0 Å². The van der Waals surface area contributed by atoms with Crippen LogP contribution >= 0.6 is 0 Å². The van der Waals surface area contributed by atoms with Crippen LogP contribution in [-0.2, 0) is 32.7 Å². The predicted octanol–water partition coefficient (Wildman–Crippen LogP) is 6.30. The molecule has 3 aromatic rings. The normalized spacial score (nSPS) is 19.3. The molecular weight excluding hydrogens is 638 g/mol. The van der Waals surface area contributed by atoms with Crippen LogP contribution in [0.1, 0.15) is 57.1 Å². The van der Waals surface area contributed by atoms with Gasteiger partial charge in [-0.15, -0.1) is 10.2 Å². The number of rotatable bonds is 4. The number of hydrogen-bond donors (Lipinski definition) is 1. The lowest BCUT2D eigenvalue weighted by atomic mass is 9.94. The number of carbonyl (C=O) groups excluding carboxylic acids is 2. The molecule has 2 aromatic heterocycles. The minimum Gasteiger partial charge on any atom is -0.444 e. The van der Waals surface area contributed by atoms with Gasteiger partial charge in [0.15, 0.2) is 5.69 Å². The number of carbonyl (C=O) groups is 2. The van der Waals surface area contributed by atoms with Gasteiger partial charge in [-0.3, -0.25) is 10.1 Å². The van der Waals surface area contributed by atoms with Gasteiger partial charge in [0.1, 0.15) is 17.0 Å². The number of hydrogen-bond acceptors (Lipinski definition) is 9. The summed E-state index contributed by atoms with van der Waals surface area (Å²) in [5, 5.41) is 9.61. The summed E-state index contributed by atoms with van der Waals surface area (Å²) in [5.41, 5.74) is -6.21. The zero-order valence-electron chi connectivity index (χ0n) is 25.7. The highest BCUT2D eigenvalue weighted by atomic mass is 19.4. The number of ether oxygens (including phenoxy) is 2. The molecule has 1 atom stereocenters. The minimum atomic E-state index is -5.15. The van der Waals surface area contributed by atoms with Crippen molar-refractivity contribution in [3.8, 4) is 11.6 Å². The fraction of sp³-hybridized carbons (Fsp3) is 0.500. The van der Waals surface area contributed by atoms with E-state index >= 15 is 13.2 Å². The van der Waals surface area contributed by atoms with Gasteiger partial charge in [-0.2, -0.15) is 26.3 Å². The van der Waals surface area contributed by atoms with E-state index in [1.807, 2.05) is 0 Å². The van der Waals surface area contributed by atoms with Gasteiger partial charge in [0.2, 0.25) is 11.5 Å². The van der Waals surface area contributed by atoms with E-state index < -0.39 is 83.1 Å². The first kappa shape index (κ1) is 33.9. The molecule has 47 heavy (non-hydrogen) atoms. The topological polar surface area (TPSA) is 123 Å². The van der Waals surface area contributed by atoms with Gasteiger partial charge >= 0.3 is 18.4 Å². The zero-order valence-corrected chi connectivity index (χ0v) is 25.7. The third-order valence-corrected chi connectivity index (χ3v) is 7.55. The molecule has 1 N–H and O–H groups in total. The van der Waals surface area contributed by atoms with Crippen LogP contribution in [0.2, 0.25) is 0 Å². The Balaban J connectivity index is 1.69. The van der Waals surface area contributed by atoms with Crippen molar-refractivity contribution in [2.75, 3.05) is 36.4 Å². The number of piperazine rings is 1. The maximum absolute atomic E-state index is 15.1. The molecule has 1 aromatic carbocycles. The molecule has 1 unspecified atom stereocenters. The van der Waals surface area contributed by atoms with Crippen LogP contribution in [0.5, 0.6) is 0 Å². The summed E-state index contributed by atoms with van der Waals surface area (Å²) in [4.78, 5) is 32.6. The molecule has 0 saturated carbocycles. The Morgan fingerprint density at radius 2 is 1.66 bits per heavy atom. The summed E-state index contributed by atoms with van der Waals surface area (Å²) in [7, 11) is 0. The molecule has 2 amide bonds. The van der Waals surface area contributed by atoms with Crippen molar-refractivity contribution in [3.05, 3.63) is 53.4 Å². The van der Waals surface area contributed by atoms with Crippen molar-refractivity contribution in [2.24, 2.45) is 0 Å². The second kappa shape index (κ2) is 12.7. The Morgan fingerprint density at radius 1 is 1.00 bits per heavy atom. The number of anilines is 2. The van der Waals surface area contributed by atoms with E-state index in [0.29, 0.717) is 11.6 Å². The molecule has 0 radical (unpaired) electrons. The molecule has 6 rings (SSSR count). The van der Waals surface area contributed by atoms with Crippen LogP contribution in [0.25, 0.3) is 11.6 Å². The van der Waals surface area contributed by atoms with E-state index in [4.69, 9.17) is 13.9 Å². The van der Waals surface area contributed by atoms with Gasteiger partial charge in [-0.05, 0) is 45.2 Å². The number of benzene rings is 1. The number of amides is 2. The largest absolute Gasteiger partial charge is 0.444 e. The van der Waals surface area contributed by atoms with E-state index in [1.165, 1.54) is 30.6 Å².